The Hall–Kier alpha value is -1.84. The highest BCUT2D eigenvalue weighted by molar-refractivity contribution is 5.61. The van der Waals surface area contributed by atoms with E-state index in [0.29, 0.717) is 17.3 Å². The molecule has 0 bridgehead atoms. The van der Waals surface area contributed by atoms with Crippen molar-refractivity contribution in [3.05, 3.63) is 30.9 Å². The first kappa shape index (κ1) is 12.2. The van der Waals surface area contributed by atoms with Crippen LogP contribution in [0, 0.1) is 5.41 Å². The van der Waals surface area contributed by atoms with E-state index in [4.69, 9.17) is 5.73 Å². The largest absolute Gasteiger partial charge is 0.384 e. The van der Waals surface area contributed by atoms with Crippen LogP contribution in [0.25, 0.3) is 11.3 Å². The van der Waals surface area contributed by atoms with E-state index in [2.05, 4.69) is 28.4 Å². The van der Waals surface area contributed by atoms with E-state index in [1.54, 1.807) is 6.20 Å². The van der Waals surface area contributed by atoms with Crippen LogP contribution in [-0.4, -0.2) is 14.5 Å². The second-order valence-corrected chi connectivity index (χ2v) is 6.22. The van der Waals surface area contributed by atoms with Crippen molar-refractivity contribution in [1.82, 2.24) is 14.5 Å². The standard InChI is InChI=1S/C15H20N4/c1-15(2)5-3-12(8-15)19-10-17-9-13(19)11-4-6-18-14(16)7-11/h4,6-7,9-10,12H,3,5,8H2,1-2H3,(H2,16,18). The molecule has 1 aliphatic carbocycles. The second-order valence-electron chi connectivity index (χ2n) is 6.22. The molecule has 2 heterocycles. The molecule has 0 amide bonds. The number of hydrogen-bond acceptors (Lipinski definition) is 3. The Labute approximate surface area is 113 Å². The predicted octanol–water partition coefficient (Wildman–Crippen LogP) is 3.28. The molecule has 2 aromatic rings. The molecule has 100 valence electrons. The van der Waals surface area contributed by atoms with Crippen molar-refractivity contribution < 1.29 is 0 Å². The number of aromatic nitrogens is 3. The monoisotopic (exact) mass is 256 g/mol. The van der Waals surface area contributed by atoms with Crippen LogP contribution < -0.4 is 5.73 Å². The normalized spacial score (nSPS) is 21.7. The van der Waals surface area contributed by atoms with Crippen molar-refractivity contribution >= 4 is 5.82 Å². The average Bonchev–Trinajstić information content (AvgIpc) is 2.95. The summed E-state index contributed by atoms with van der Waals surface area (Å²) in [7, 11) is 0. The molecule has 19 heavy (non-hydrogen) atoms. The van der Waals surface area contributed by atoms with Crippen molar-refractivity contribution in [1.29, 1.82) is 0 Å². The molecule has 3 rings (SSSR count). The van der Waals surface area contributed by atoms with E-state index in [1.165, 1.54) is 19.3 Å². The highest BCUT2D eigenvalue weighted by Crippen LogP contribution is 2.44. The van der Waals surface area contributed by atoms with E-state index in [-0.39, 0.29) is 0 Å². The van der Waals surface area contributed by atoms with E-state index >= 15 is 0 Å². The number of nitrogens with zero attached hydrogens (tertiary/aromatic N) is 3. The topological polar surface area (TPSA) is 56.7 Å². The summed E-state index contributed by atoms with van der Waals surface area (Å²) in [4.78, 5) is 8.37. The number of nitrogens with two attached hydrogens (primary N) is 1. The molecule has 2 N–H and O–H groups in total. The predicted molar refractivity (Wildman–Crippen MR) is 76.5 cm³/mol. The Balaban J connectivity index is 1.95. The molecule has 1 aliphatic rings. The Morgan fingerprint density at radius 3 is 2.95 bits per heavy atom. The molecule has 1 atom stereocenters. The number of nitrogen functional groups attached to an aromatic ring is 1. The summed E-state index contributed by atoms with van der Waals surface area (Å²) < 4.78 is 2.30. The summed E-state index contributed by atoms with van der Waals surface area (Å²) in [6.07, 6.45) is 9.31. The third kappa shape index (κ3) is 2.35. The summed E-state index contributed by atoms with van der Waals surface area (Å²) in [6.45, 7) is 4.68. The van der Waals surface area contributed by atoms with Gasteiger partial charge in [0.05, 0.1) is 18.2 Å². The lowest BCUT2D eigenvalue weighted by molar-refractivity contribution is 0.359. The number of rotatable bonds is 2. The lowest BCUT2D eigenvalue weighted by atomic mass is 9.92. The van der Waals surface area contributed by atoms with E-state index in [1.807, 2.05) is 24.7 Å². The van der Waals surface area contributed by atoms with Gasteiger partial charge in [-0.05, 0) is 36.8 Å². The smallest absolute Gasteiger partial charge is 0.123 e. The molecule has 1 saturated carbocycles. The van der Waals surface area contributed by atoms with Gasteiger partial charge >= 0.3 is 0 Å². The van der Waals surface area contributed by atoms with Gasteiger partial charge in [0.15, 0.2) is 0 Å². The molecule has 4 heteroatoms. The van der Waals surface area contributed by atoms with Gasteiger partial charge < -0.3 is 10.3 Å². The molecule has 0 spiro atoms. The molecular formula is C15H20N4. The molecular weight excluding hydrogens is 236 g/mol. The van der Waals surface area contributed by atoms with Crippen molar-refractivity contribution in [3.8, 4) is 11.3 Å². The Bertz CT molecular complexity index is 585. The lowest BCUT2D eigenvalue weighted by Gasteiger charge is -2.19. The SMILES string of the molecule is CC1(C)CCC(n2cncc2-c2ccnc(N)c2)C1. The highest BCUT2D eigenvalue weighted by Gasteiger charge is 2.32. The van der Waals surface area contributed by atoms with Crippen molar-refractivity contribution in [2.24, 2.45) is 5.41 Å². The molecule has 1 unspecified atom stereocenters. The molecule has 0 aromatic carbocycles. The van der Waals surface area contributed by atoms with Crippen LogP contribution in [0.1, 0.15) is 39.2 Å². The zero-order chi connectivity index (χ0) is 13.5. The van der Waals surface area contributed by atoms with Crippen LogP contribution in [-0.2, 0) is 0 Å². The van der Waals surface area contributed by atoms with Gasteiger partial charge in [-0.25, -0.2) is 9.97 Å². The van der Waals surface area contributed by atoms with E-state index in [9.17, 15) is 0 Å². The van der Waals surface area contributed by atoms with Crippen LogP contribution in [0.5, 0.6) is 0 Å². The Kier molecular flexibility index (Phi) is 2.81. The first-order valence-corrected chi connectivity index (χ1v) is 6.79. The van der Waals surface area contributed by atoms with Gasteiger partial charge in [0.1, 0.15) is 5.82 Å². The minimum Gasteiger partial charge on any atom is -0.384 e. The van der Waals surface area contributed by atoms with E-state index in [0.717, 1.165) is 11.3 Å². The Morgan fingerprint density at radius 1 is 1.42 bits per heavy atom. The van der Waals surface area contributed by atoms with Crippen LogP contribution in [0.15, 0.2) is 30.9 Å². The minimum atomic E-state index is 0.434. The zero-order valence-corrected chi connectivity index (χ0v) is 11.5. The number of anilines is 1. The van der Waals surface area contributed by atoms with Gasteiger partial charge in [0.2, 0.25) is 0 Å². The van der Waals surface area contributed by atoms with Crippen molar-refractivity contribution in [3.63, 3.8) is 0 Å². The minimum absolute atomic E-state index is 0.434. The maximum atomic E-state index is 5.77. The van der Waals surface area contributed by atoms with Gasteiger partial charge in [0.25, 0.3) is 0 Å². The summed E-state index contributed by atoms with van der Waals surface area (Å²) in [5.74, 6) is 0.553. The fourth-order valence-electron chi connectivity index (χ4n) is 3.06. The summed E-state index contributed by atoms with van der Waals surface area (Å²) in [5.41, 5.74) is 8.43. The summed E-state index contributed by atoms with van der Waals surface area (Å²) in [5, 5.41) is 0. The van der Waals surface area contributed by atoms with Crippen molar-refractivity contribution in [2.75, 3.05) is 5.73 Å². The molecule has 0 aliphatic heterocycles. The van der Waals surface area contributed by atoms with Crippen molar-refractivity contribution in [2.45, 2.75) is 39.2 Å². The third-order valence-corrected chi connectivity index (χ3v) is 4.08. The fourth-order valence-corrected chi connectivity index (χ4v) is 3.06. The Morgan fingerprint density at radius 2 is 2.26 bits per heavy atom. The van der Waals surface area contributed by atoms with Gasteiger partial charge in [-0.2, -0.15) is 0 Å². The number of imidazole rings is 1. The fraction of sp³-hybridized carbons (Fsp3) is 0.467. The van der Waals surface area contributed by atoms with Gasteiger partial charge in [-0.15, -0.1) is 0 Å². The third-order valence-electron chi connectivity index (χ3n) is 4.08. The molecule has 0 radical (unpaired) electrons. The number of hydrogen-bond donors (Lipinski definition) is 1. The second kappa shape index (κ2) is 4.37. The van der Waals surface area contributed by atoms with Crippen LogP contribution in [0.2, 0.25) is 0 Å². The molecule has 2 aromatic heterocycles. The molecule has 0 saturated heterocycles. The maximum absolute atomic E-state index is 5.77. The maximum Gasteiger partial charge on any atom is 0.123 e. The first-order valence-electron chi connectivity index (χ1n) is 6.79. The van der Waals surface area contributed by atoms with Crippen LogP contribution in [0.3, 0.4) is 0 Å². The van der Waals surface area contributed by atoms with Gasteiger partial charge in [-0.1, -0.05) is 13.8 Å². The number of pyridine rings is 1. The molecule has 1 fully saturated rings. The van der Waals surface area contributed by atoms with Crippen LogP contribution in [0.4, 0.5) is 5.82 Å². The highest BCUT2D eigenvalue weighted by atomic mass is 15.1. The van der Waals surface area contributed by atoms with E-state index < -0.39 is 0 Å². The first-order chi connectivity index (χ1) is 9.05. The quantitative estimate of drug-likeness (QED) is 0.897. The van der Waals surface area contributed by atoms with Gasteiger partial charge in [0, 0.05) is 17.8 Å². The summed E-state index contributed by atoms with van der Waals surface area (Å²) >= 11 is 0. The van der Waals surface area contributed by atoms with Crippen LogP contribution >= 0.6 is 0 Å². The average molecular weight is 256 g/mol. The summed E-state index contributed by atoms with van der Waals surface area (Å²) in [6, 6.07) is 4.44. The van der Waals surface area contributed by atoms with Gasteiger partial charge in [-0.3, -0.25) is 0 Å². The zero-order valence-electron chi connectivity index (χ0n) is 11.5. The lowest BCUT2D eigenvalue weighted by Crippen LogP contribution is -2.09. The molecule has 4 nitrogen and oxygen atoms in total.